The first-order valence-electron chi connectivity index (χ1n) is 7.03. The average molecular weight is 395 g/mol. The first-order valence-corrected chi connectivity index (χ1v) is 7.82. The SMILES string of the molecule is O=C(COc1ccc(Br)cc1)NC[C@H](O)c1ccc([N+](=O)[O-])cc1. The van der Waals surface area contributed by atoms with Crippen LogP contribution in [0.2, 0.25) is 0 Å². The Bertz CT molecular complexity index is 703. The highest BCUT2D eigenvalue weighted by Gasteiger charge is 2.12. The van der Waals surface area contributed by atoms with Crippen LogP contribution in [0.25, 0.3) is 0 Å². The van der Waals surface area contributed by atoms with Gasteiger partial charge in [-0.15, -0.1) is 0 Å². The van der Waals surface area contributed by atoms with Gasteiger partial charge in [-0.05, 0) is 42.0 Å². The molecule has 0 aromatic heterocycles. The van der Waals surface area contributed by atoms with Crippen molar-refractivity contribution in [2.24, 2.45) is 0 Å². The van der Waals surface area contributed by atoms with E-state index in [4.69, 9.17) is 4.74 Å². The molecule has 2 aromatic carbocycles. The topological polar surface area (TPSA) is 102 Å². The number of nitro groups is 1. The van der Waals surface area contributed by atoms with Gasteiger partial charge in [0.05, 0.1) is 11.0 Å². The number of nitrogens with zero attached hydrogens (tertiary/aromatic N) is 1. The van der Waals surface area contributed by atoms with E-state index in [1.165, 1.54) is 24.3 Å². The van der Waals surface area contributed by atoms with Gasteiger partial charge in [0.2, 0.25) is 0 Å². The molecule has 0 aliphatic rings. The summed E-state index contributed by atoms with van der Waals surface area (Å²) in [4.78, 5) is 21.8. The number of benzene rings is 2. The summed E-state index contributed by atoms with van der Waals surface area (Å²) in [5, 5.41) is 23.1. The number of nitrogens with one attached hydrogen (secondary N) is 1. The molecule has 2 N–H and O–H groups in total. The zero-order valence-electron chi connectivity index (χ0n) is 12.5. The van der Waals surface area contributed by atoms with E-state index in [1.54, 1.807) is 24.3 Å². The summed E-state index contributed by atoms with van der Waals surface area (Å²) >= 11 is 3.30. The summed E-state index contributed by atoms with van der Waals surface area (Å²) in [5.41, 5.74) is 0.424. The van der Waals surface area contributed by atoms with E-state index < -0.39 is 11.0 Å². The molecule has 0 fully saturated rings. The van der Waals surface area contributed by atoms with E-state index in [0.717, 1.165) is 4.47 Å². The smallest absolute Gasteiger partial charge is 0.269 e. The van der Waals surface area contributed by atoms with Crippen molar-refractivity contribution < 1.29 is 19.6 Å². The average Bonchev–Trinajstić information content (AvgIpc) is 2.59. The fourth-order valence-corrected chi connectivity index (χ4v) is 2.14. The predicted molar refractivity (Wildman–Crippen MR) is 90.7 cm³/mol. The predicted octanol–water partition coefficient (Wildman–Crippen LogP) is 2.59. The molecule has 1 atom stereocenters. The second-order valence-corrected chi connectivity index (χ2v) is 5.83. The molecule has 126 valence electrons. The molecule has 0 unspecified atom stereocenters. The molecule has 0 aliphatic heterocycles. The monoisotopic (exact) mass is 394 g/mol. The number of amides is 1. The summed E-state index contributed by atoms with van der Waals surface area (Å²) in [6.45, 7) is -0.186. The molecular weight excluding hydrogens is 380 g/mol. The molecule has 8 heteroatoms. The number of carbonyl (C=O) groups is 1. The van der Waals surface area contributed by atoms with E-state index in [-0.39, 0.29) is 24.7 Å². The number of halogens is 1. The molecule has 1 amide bonds. The van der Waals surface area contributed by atoms with Crippen LogP contribution in [0.1, 0.15) is 11.7 Å². The van der Waals surface area contributed by atoms with Gasteiger partial charge in [-0.25, -0.2) is 0 Å². The lowest BCUT2D eigenvalue weighted by Gasteiger charge is -2.12. The Kier molecular flexibility index (Phi) is 6.28. The van der Waals surface area contributed by atoms with Crippen LogP contribution < -0.4 is 10.1 Å². The number of nitro benzene ring substituents is 1. The van der Waals surface area contributed by atoms with Crippen LogP contribution in [0.5, 0.6) is 5.75 Å². The van der Waals surface area contributed by atoms with Gasteiger partial charge >= 0.3 is 0 Å². The molecular formula is C16H15BrN2O5. The molecule has 0 radical (unpaired) electrons. The number of aliphatic hydroxyl groups excluding tert-OH is 1. The summed E-state index contributed by atoms with van der Waals surface area (Å²) < 4.78 is 6.22. The first-order chi connectivity index (χ1) is 11.5. The van der Waals surface area contributed by atoms with E-state index >= 15 is 0 Å². The van der Waals surface area contributed by atoms with E-state index in [2.05, 4.69) is 21.2 Å². The van der Waals surface area contributed by atoms with Crippen LogP contribution >= 0.6 is 15.9 Å². The van der Waals surface area contributed by atoms with Gasteiger partial charge in [-0.2, -0.15) is 0 Å². The highest BCUT2D eigenvalue weighted by atomic mass is 79.9. The van der Waals surface area contributed by atoms with Gasteiger partial charge in [0.15, 0.2) is 6.61 Å². The Balaban J connectivity index is 1.78. The third-order valence-corrected chi connectivity index (χ3v) is 3.69. The minimum atomic E-state index is -0.956. The molecule has 2 rings (SSSR count). The molecule has 7 nitrogen and oxygen atoms in total. The summed E-state index contributed by atoms with van der Waals surface area (Å²) in [6, 6.07) is 12.6. The van der Waals surface area contributed by atoms with Crippen LogP contribution in [0.4, 0.5) is 5.69 Å². The van der Waals surface area contributed by atoms with Crippen molar-refractivity contribution in [3.63, 3.8) is 0 Å². The quantitative estimate of drug-likeness (QED) is 0.554. The van der Waals surface area contributed by atoms with Gasteiger partial charge in [0.25, 0.3) is 11.6 Å². The second-order valence-electron chi connectivity index (χ2n) is 4.91. The Hall–Kier alpha value is -2.45. The number of rotatable bonds is 7. The summed E-state index contributed by atoms with van der Waals surface area (Å²) in [6.07, 6.45) is -0.956. The van der Waals surface area contributed by atoms with Crippen LogP contribution in [-0.4, -0.2) is 29.1 Å². The maximum atomic E-state index is 11.7. The van der Waals surface area contributed by atoms with Crippen molar-refractivity contribution >= 4 is 27.5 Å². The van der Waals surface area contributed by atoms with Crippen LogP contribution in [0.15, 0.2) is 53.0 Å². The van der Waals surface area contributed by atoms with Gasteiger partial charge in [0.1, 0.15) is 5.75 Å². The third kappa shape index (κ3) is 5.32. The van der Waals surface area contributed by atoms with Crippen molar-refractivity contribution in [2.75, 3.05) is 13.2 Å². The first kappa shape index (κ1) is 17.9. The fourth-order valence-electron chi connectivity index (χ4n) is 1.88. The third-order valence-electron chi connectivity index (χ3n) is 3.16. The molecule has 0 aliphatic carbocycles. The number of ether oxygens (including phenoxy) is 1. The van der Waals surface area contributed by atoms with Crippen molar-refractivity contribution in [3.05, 3.63) is 68.7 Å². The van der Waals surface area contributed by atoms with Gasteiger partial charge in [-0.3, -0.25) is 14.9 Å². The van der Waals surface area contributed by atoms with Crippen molar-refractivity contribution in [2.45, 2.75) is 6.10 Å². The Morgan fingerprint density at radius 3 is 2.42 bits per heavy atom. The van der Waals surface area contributed by atoms with Crippen molar-refractivity contribution in [3.8, 4) is 5.75 Å². The van der Waals surface area contributed by atoms with Gasteiger partial charge in [0, 0.05) is 23.2 Å². The zero-order chi connectivity index (χ0) is 17.5. The molecule has 0 bridgehead atoms. The van der Waals surface area contributed by atoms with Crippen molar-refractivity contribution in [1.82, 2.24) is 5.32 Å². The van der Waals surface area contributed by atoms with E-state index in [9.17, 15) is 20.0 Å². The minimum Gasteiger partial charge on any atom is -0.484 e. The zero-order valence-corrected chi connectivity index (χ0v) is 14.1. The lowest BCUT2D eigenvalue weighted by atomic mass is 10.1. The van der Waals surface area contributed by atoms with Gasteiger partial charge < -0.3 is 15.2 Å². The van der Waals surface area contributed by atoms with Crippen LogP contribution in [0.3, 0.4) is 0 Å². The maximum Gasteiger partial charge on any atom is 0.269 e. The Labute approximate surface area is 146 Å². The normalized spacial score (nSPS) is 11.6. The lowest BCUT2D eigenvalue weighted by Crippen LogP contribution is -2.32. The lowest BCUT2D eigenvalue weighted by molar-refractivity contribution is -0.384. The van der Waals surface area contributed by atoms with Gasteiger partial charge in [-0.1, -0.05) is 15.9 Å². The van der Waals surface area contributed by atoms with Crippen LogP contribution in [-0.2, 0) is 4.79 Å². The Morgan fingerprint density at radius 2 is 1.83 bits per heavy atom. The number of non-ortho nitro benzene ring substituents is 1. The number of aliphatic hydroxyl groups is 1. The molecule has 0 heterocycles. The van der Waals surface area contributed by atoms with E-state index in [1.807, 2.05) is 0 Å². The Morgan fingerprint density at radius 1 is 1.21 bits per heavy atom. The number of hydrogen-bond acceptors (Lipinski definition) is 5. The minimum absolute atomic E-state index is 0.0135. The molecule has 24 heavy (non-hydrogen) atoms. The largest absolute Gasteiger partial charge is 0.484 e. The maximum absolute atomic E-state index is 11.7. The standard InChI is InChI=1S/C16H15BrN2O5/c17-12-3-7-14(8-4-12)24-10-16(21)18-9-15(20)11-1-5-13(6-2-11)19(22)23/h1-8,15,20H,9-10H2,(H,18,21)/t15-/m0/s1. The highest BCUT2D eigenvalue weighted by molar-refractivity contribution is 9.10. The second kappa shape index (κ2) is 8.42. The molecule has 2 aromatic rings. The summed E-state index contributed by atoms with van der Waals surface area (Å²) in [7, 11) is 0. The van der Waals surface area contributed by atoms with Crippen LogP contribution in [0, 0.1) is 10.1 Å². The molecule has 0 spiro atoms. The molecule has 0 saturated carbocycles. The van der Waals surface area contributed by atoms with Crippen molar-refractivity contribution in [1.29, 1.82) is 0 Å². The molecule has 0 saturated heterocycles. The fraction of sp³-hybridized carbons (Fsp3) is 0.188. The number of hydrogen-bond donors (Lipinski definition) is 2. The number of carbonyl (C=O) groups excluding carboxylic acids is 1. The van der Waals surface area contributed by atoms with E-state index in [0.29, 0.717) is 11.3 Å². The highest BCUT2D eigenvalue weighted by Crippen LogP contribution is 2.17. The summed E-state index contributed by atoms with van der Waals surface area (Å²) in [5.74, 6) is 0.183.